The minimum atomic E-state index is -0.411. The molecule has 1 amide bonds. The number of halogens is 1. The molecule has 0 bridgehead atoms. The molecule has 0 radical (unpaired) electrons. The Balaban J connectivity index is 1.48. The van der Waals surface area contributed by atoms with Crippen molar-refractivity contribution in [2.75, 3.05) is 17.7 Å². The van der Waals surface area contributed by atoms with Crippen LogP contribution in [0.3, 0.4) is 0 Å². The minimum Gasteiger partial charge on any atom is -0.462 e. The van der Waals surface area contributed by atoms with Crippen molar-refractivity contribution in [1.82, 2.24) is 4.98 Å². The second-order valence-electron chi connectivity index (χ2n) is 6.35. The topological polar surface area (TPSA) is 85.4 Å². The standard InChI is InChI=1S/C22H19FN2O4S2/c1-2-29-21(28)15-5-9-17(10-6-15)24-20(27)11-18-12-30-22(25-18)31-13-19(26)14-3-7-16(23)8-4-14/h3-10,12H,2,11,13H2,1H3,(H,24,27). The first-order valence-electron chi connectivity index (χ1n) is 9.37. The van der Waals surface area contributed by atoms with E-state index < -0.39 is 5.97 Å². The molecule has 0 aliphatic rings. The number of nitrogens with zero attached hydrogens (tertiary/aromatic N) is 1. The Hall–Kier alpha value is -3.04. The normalized spacial score (nSPS) is 10.5. The molecule has 0 atom stereocenters. The number of carbonyl (C=O) groups excluding carboxylic acids is 3. The van der Waals surface area contributed by atoms with E-state index in [4.69, 9.17) is 4.74 Å². The largest absolute Gasteiger partial charge is 0.462 e. The first kappa shape index (κ1) is 22.6. The Morgan fingerprint density at radius 1 is 1.06 bits per heavy atom. The van der Waals surface area contributed by atoms with Gasteiger partial charge in [-0.15, -0.1) is 11.3 Å². The summed E-state index contributed by atoms with van der Waals surface area (Å²) in [5.41, 5.74) is 2.02. The lowest BCUT2D eigenvalue weighted by Gasteiger charge is -2.06. The quantitative estimate of drug-likeness (QED) is 0.286. The summed E-state index contributed by atoms with van der Waals surface area (Å²) in [5.74, 6) is -0.982. The highest BCUT2D eigenvalue weighted by molar-refractivity contribution is 8.01. The number of carbonyl (C=O) groups is 3. The van der Waals surface area contributed by atoms with Gasteiger partial charge in [-0.2, -0.15) is 0 Å². The van der Waals surface area contributed by atoms with Crippen molar-refractivity contribution < 1.29 is 23.5 Å². The maximum absolute atomic E-state index is 12.9. The highest BCUT2D eigenvalue weighted by Crippen LogP contribution is 2.24. The van der Waals surface area contributed by atoms with Crippen LogP contribution in [0.15, 0.2) is 58.3 Å². The van der Waals surface area contributed by atoms with E-state index in [1.54, 1.807) is 36.6 Å². The number of thiazole rings is 1. The average molecular weight is 459 g/mol. The first-order chi connectivity index (χ1) is 14.9. The Labute approximate surface area is 186 Å². The van der Waals surface area contributed by atoms with Crippen molar-refractivity contribution in [2.45, 2.75) is 17.7 Å². The van der Waals surface area contributed by atoms with Crippen molar-refractivity contribution in [3.8, 4) is 0 Å². The number of hydrogen-bond donors (Lipinski definition) is 1. The van der Waals surface area contributed by atoms with E-state index in [1.165, 1.54) is 47.4 Å². The van der Waals surface area contributed by atoms with Crippen molar-refractivity contribution in [3.05, 3.63) is 76.5 Å². The van der Waals surface area contributed by atoms with Gasteiger partial charge in [0.05, 0.1) is 30.0 Å². The van der Waals surface area contributed by atoms with Crippen LogP contribution >= 0.6 is 23.1 Å². The van der Waals surface area contributed by atoms with Gasteiger partial charge in [-0.3, -0.25) is 9.59 Å². The molecule has 0 saturated carbocycles. The molecule has 0 unspecified atom stereocenters. The van der Waals surface area contributed by atoms with Crippen molar-refractivity contribution in [1.29, 1.82) is 0 Å². The zero-order valence-electron chi connectivity index (χ0n) is 16.6. The number of hydrogen-bond acceptors (Lipinski definition) is 7. The minimum absolute atomic E-state index is 0.0859. The highest BCUT2D eigenvalue weighted by Gasteiger charge is 2.12. The van der Waals surface area contributed by atoms with Gasteiger partial charge in [-0.1, -0.05) is 11.8 Å². The fourth-order valence-corrected chi connectivity index (χ4v) is 4.30. The van der Waals surface area contributed by atoms with Crippen molar-refractivity contribution in [2.24, 2.45) is 0 Å². The molecule has 1 N–H and O–H groups in total. The van der Waals surface area contributed by atoms with E-state index in [-0.39, 0.29) is 29.7 Å². The molecule has 31 heavy (non-hydrogen) atoms. The van der Waals surface area contributed by atoms with Gasteiger partial charge in [0.15, 0.2) is 10.1 Å². The van der Waals surface area contributed by atoms with E-state index in [2.05, 4.69) is 10.3 Å². The van der Waals surface area contributed by atoms with E-state index in [9.17, 15) is 18.8 Å². The lowest BCUT2D eigenvalue weighted by Crippen LogP contribution is -2.14. The van der Waals surface area contributed by atoms with Crippen molar-refractivity contribution in [3.63, 3.8) is 0 Å². The summed E-state index contributed by atoms with van der Waals surface area (Å²) in [4.78, 5) is 40.5. The molecule has 1 aromatic heterocycles. The zero-order chi connectivity index (χ0) is 22.2. The Morgan fingerprint density at radius 3 is 2.42 bits per heavy atom. The molecule has 3 rings (SSSR count). The molecule has 0 aliphatic carbocycles. The molecule has 0 fully saturated rings. The van der Waals surface area contributed by atoms with E-state index in [1.807, 2.05) is 0 Å². The van der Waals surface area contributed by atoms with Gasteiger partial charge in [0.2, 0.25) is 5.91 Å². The van der Waals surface area contributed by atoms with Crippen LogP contribution < -0.4 is 5.32 Å². The molecule has 2 aromatic carbocycles. The van der Waals surface area contributed by atoms with Gasteiger partial charge in [0.1, 0.15) is 5.82 Å². The van der Waals surface area contributed by atoms with E-state index >= 15 is 0 Å². The number of amides is 1. The highest BCUT2D eigenvalue weighted by atomic mass is 32.2. The molecule has 0 saturated heterocycles. The monoisotopic (exact) mass is 458 g/mol. The maximum Gasteiger partial charge on any atom is 0.338 e. The van der Waals surface area contributed by atoms with Crippen LogP contribution in [0.25, 0.3) is 0 Å². The Kier molecular flexibility index (Phi) is 7.91. The fourth-order valence-electron chi connectivity index (χ4n) is 2.56. The summed E-state index contributed by atoms with van der Waals surface area (Å²) in [6.45, 7) is 2.03. The summed E-state index contributed by atoms with van der Waals surface area (Å²) >= 11 is 2.63. The smallest absolute Gasteiger partial charge is 0.338 e. The SMILES string of the molecule is CCOC(=O)c1ccc(NC(=O)Cc2csc(SCC(=O)c3ccc(F)cc3)n2)cc1. The lowest BCUT2D eigenvalue weighted by atomic mass is 10.1. The van der Waals surface area contributed by atoms with Gasteiger partial charge < -0.3 is 10.1 Å². The second kappa shape index (κ2) is 10.8. The summed E-state index contributed by atoms with van der Waals surface area (Å²) in [7, 11) is 0. The maximum atomic E-state index is 12.9. The zero-order valence-corrected chi connectivity index (χ0v) is 18.2. The average Bonchev–Trinajstić information content (AvgIpc) is 3.20. The van der Waals surface area contributed by atoms with E-state index in [0.717, 1.165) is 0 Å². The number of rotatable bonds is 9. The molecule has 160 valence electrons. The number of benzene rings is 2. The van der Waals surface area contributed by atoms with Crippen LogP contribution in [0.2, 0.25) is 0 Å². The third kappa shape index (κ3) is 6.73. The van der Waals surface area contributed by atoms with Crippen LogP contribution in [0.4, 0.5) is 10.1 Å². The first-order valence-corrected chi connectivity index (χ1v) is 11.2. The summed E-state index contributed by atoms with van der Waals surface area (Å²) in [6.07, 6.45) is 0.0859. The summed E-state index contributed by atoms with van der Waals surface area (Å²) in [5, 5.41) is 4.53. The number of aromatic nitrogens is 1. The van der Waals surface area contributed by atoms with Gasteiger partial charge >= 0.3 is 5.97 Å². The number of Topliss-reactive ketones (excluding diaryl/α,β-unsaturated/α-hetero) is 1. The molecule has 6 nitrogen and oxygen atoms in total. The van der Waals surface area contributed by atoms with Crippen LogP contribution in [0.1, 0.15) is 33.3 Å². The van der Waals surface area contributed by atoms with Gasteiger partial charge in [0, 0.05) is 16.6 Å². The molecule has 0 aliphatic heterocycles. The van der Waals surface area contributed by atoms with E-state index in [0.29, 0.717) is 33.5 Å². The molecule has 1 heterocycles. The number of nitrogens with one attached hydrogen (secondary N) is 1. The third-order valence-corrected chi connectivity index (χ3v) is 6.11. The molecular formula is C22H19FN2O4S2. The van der Waals surface area contributed by atoms with Crippen LogP contribution in [-0.4, -0.2) is 35.0 Å². The van der Waals surface area contributed by atoms with Gasteiger partial charge in [0.25, 0.3) is 0 Å². The predicted molar refractivity (Wildman–Crippen MR) is 118 cm³/mol. The second-order valence-corrected chi connectivity index (χ2v) is 8.43. The molecule has 9 heteroatoms. The number of ketones is 1. The van der Waals surface area contributed by atoms with Crippen molar-refractivity contribution >= 4 is 46.4 Å². The van der Waals surface area contributed by atoms with Gasteiger partial charge in [-0.25, -0.2) is 14.2 Å². The number of anilines is 1. The lowest BCUT2D eigenvalue weighted by molar-refractivity contribution is -0.115. The van der Waals surface area contributed by atoms with Crippen LogP contribution in [0.5, 0.6) is 0 Å². The Bertz CT molecular complexity index is 1070. The number of esters is 1. The molecule has 3 aromatic rings. The summed E-state index contributed by atoms with van der Waals surface area (Å²) < 4.78 is 18.5. The predicted octanol–water partition coefficient (Wildman–Crippen LogP) is 4.62. The van der Waals surface area contributed by atoms with Gasteiger partial charge in [-0.05, 0) is 55.5 Å². The Morgan fingerprint density at radius 2 is 1.74 bits per heavy atom. The molecular weight excluding hydrogens is 439 g/mol. The molecule has 0 spiro atoms. The number of ether oxygens (including phenoxy) is 1. The fraction of sp³-hybridized carbons (Fsp3) is 0.182. The van der Waals surface area contributed by atoms with Crippen LogP contribution in [0, 0.1) is 5.82 Å². The third-order valence-electron chi connectivity index (χ3n) is 4.05. The summed E-state index contributed by atoms with van der Waals surface area (Å²) in [6, 6.07) is 11.8. The van der Waals surface area contributed by atoms with Crippen LogP contribution in [-0.2, 0) is 16.0 Å². The number of thioether (sulfide) groups is 1.